The molecule has 0 aliphatic carbocycles. The molecule has 0 fully saturated rings. The van der Waals surface area contributed by atoms with Crippen LogP contribution < -0.4 is 4.74 Å². The Kier molecular flexibility index (Phi) is 4.98. The van der Waals surface area contributed by atoms with Crippen LogP contribution in [0.5, 0.6) is 5.75 Å². The number of rotatable bonds is 0. The minimum atomic E-state index is 0. The van der Waals surface area contributed by atoms with E-state index < -0.39 is 0 Å². The van der Waals surface area contributed by atoms with E-state index in [0.717, 1.165) is 5.75 Å². The molecule has 1 nitrogen and oxygen atoms in total. The van der Waals surface area contributed by atoms with E-state index in [0.29, 0.717) is 6.61 Å². The molecule has 1 aliphatic rings. The molecular formula is C9H12MnOSi. The molecule has 1 aromatic carbocycles. The van der Waals surface area contributed by atoms with E-state index in [1.807, 2.05) is 30.3 Å². The number of hydrogen-bond acceptors (Lipinski definition) is 1. The summed E-state index contributed by atoms with van der Waals surface area (Å²) in [6, 6.07) is 8.03. The van der Waals surface area contributed by atoms with Gasteiger partial charge in [0, 0.05) is 22.6 Å². The maximum absolute atomic E-state index is 5.34. The van der Waals surface area contributed by atoms with Crippen LogP contribution in [0.1, 0.15) is 5.56 Å². The zero-order chi connectivity index (χ0) is 6.81. The molecule has 0 unspecified atom stereocenters. The van der Waals surface area contributed by atoms with Gasteiger partial charge in [0.1, 0.15) is 12.4 Å². The van der Waals surface area contributed by atoms with Crippen LogP contribution in [0.15, 0.2) is 30.3 Å². The average molecular weight is 219 g/mol. The Morgan fingerprint density at radius 1 is 1.17 bits per heavy atom. The van der Waals surface area contributed by atoms with Crippen molar-refractivity contribution in [1.82, 2.24) is 0 Å². The Labute approximate surface area is 87.3 Å². The van der Waals surface area contributed by atoms with Gasteiger partial charge in [-0.3, -0.25) is 0 Å². The third-order valence-electron chi connectivity index (χ3n) is 1.55. The molecule has 1 heterocycles. The second kappa shape index (κ2) is 5.20. The van der Waals surface area contributed by atoms with Crippen LogP contribution in [0.2, 0.25) is 0 Å². The van der Waals surface area contributed by atoms with E-state index in [1.165, 1.54) is 5.56 Å². The third kappa shape index (κ3) is 2.24. The van der Waals surface area contributed by atoms with Crippen molar-refractivity contribution in [1.29, 1.82) is 0 Å². The Balaban J connectivity index is 0.000000605. The predicted molar refractivity (Wildman–Crippen MR) is 52.3 cm³/mol. The van der Waals surface area contributed by atoms with Crippen LogP contribution in [0.3, 0.4) is 0 Å². The number of hydrogen-bond donors (Lipinski definition) is 0. The molecule has 0 aromatic heterocycles. The summed E-state index contributed by atoms with van der Waals surface area (Å²) < 4.78 is 5.34. The summed E-state index contributed by atoms with van der Waals surface area (Å²) in [5.41, 5.74) is 1.17. The molecule has 0 saturated heterocycles. The van der Waals surface area contributed by atoms with Crippen LogP contribution in [-0.4, -0.2) is 17.6 Å². The van der Waals surface area contributed by atoms with Gasteiger partial charge < -0.3 is 4.74 Å². The molecule has 0 saturated carbocycles. The van der Waals surface area contributed by atoms with Crippen molar-refractivity contribution in [3.8, 4) is 5.75 Å². The van der Waals surface area contributed by atoms with E-state index in [9.17, 15) is 0 Å². The second-order valence-electron chi connectivity index (χ2n) is 2.25. The van der Waals surface area contributed by atoms with Gasteiger partial charge in [0.05, 0.1) is 0 Å². The van der Waals surface area contributed by atoms with Crippen molar-refractivity contribution in [3.05, 3.63) is 35.9 Å². The minimum Gasteiger partial charge on any atom is -0.489 e. The van der Waals surface area contributed by atoms with Gasteiger partial charge in [0.15, 0.2) is 0 Å². The Hall–Kier alpha value is -0.504. The van der Waals surface area contributed by atoms with Crippen molar-refractivity contribution in [2.24, 2.45) is 0 Å². The standard InChI is InChI=1S/C9H8O.Mn.H4Si/c1-2-6-9-8(4-1)5-3-7-10-9;;/h1-6H,7H2;;1H4. The first-order valence-electron chi connectivity index (χ1n) is 3.35. The minimum absolute atomic E-state index is 0. The topological polar surface area (TPSA) is 9.23 Å². The van der Waals surface area contributed by atoms with Gasteiger partial charge >= 0.3 is 0 Å². The summed E-state index contributed by atoms with van der Waals surface area (Å²) >= 11 is 0. The van der Waals surface area contributed by atoms with Gasteiger partial charge in [-0.15, -0.1) is 0 Å². The zero-order valence-corrected chi connectivity index (χ0v) is 7.14. The van der Waals surface area contributed by atoms with E-state index in [2.05, 4.69) is 6.08 Å². The largest absolute Gasteiger partial charge is 0.489 e. The summed E-state index contributed by atoms with van der Waals surface area (Å²) in [6.07, 6.45) is 4.10. The molecule has 0 spiro atoms. The van der Waals surface area contributed by atoms with Crippen molar-refractivity contribution in [3.63, 3.8) is 0 Å². The van der Waals surface area contributed by atoms with Crippen LogP contribution in [0, 0.1) is 0 Å². The summed E-state index contributed by atoms with van der Waals surface area (Å²) in [4.78, 5) is 0. The summed E-state index contributed by atoms with van der Waals surface area (Å²) in [7, 11) is 0. The van der Waals surface area contributed by atoms with E-state index in [-0.39, 0.29) is 28.0 Å². The quantitative estimate of drug-likeness (QED) is 0.582. The molecule has 0 amide bonds. The molecular weight excluding hydrogens is 207 g/mol. The molecule has 0 bridgehead atoms. The van der Waals surface area contributed by atoms with Gasteiger partial charge in [-0.2, -0.15) is 0 Å². The molecule has 0 atom stereocenters. The Morgan fingerprint density at radius 3 is 2.67 bits per heavy atom. The molecule has 12 heavy (non-hydrogen) atoms. The average Bonchev–Trinajstić information content (AvgIpc) is 2.05. The summed E-state index contributed by atoms with van der Waals surface area (Å²) in [6.45, 7) is 0.705. The fourth-order valence-corrected chi connectivity index (χ4v) is 1.06. The predicted octanol–water partition coefficient (Wildman–Crippen LogP) is 0.638. The number of ether oxygens (including phenoxy) is 1. The number of fused-ring (bicyclic) bond motifs is 1. The Morgan fingerprint density at radius 2 is 1.92 bits per heavy atom. The van der Waals surface area contributed by atoms with Crippen molar-refractivity contribution < 1.29 is 21.8 Å². The summed E-state index contributed by atoms with van der Waals surface area (Å²) in [5.74, 6) is 0.991. The van der Waals surface area contributed by atoms with E-state index >= 15 is 0 Å². The SMILES string of the molecule is C1=Cc2ccccc2OC1.[Mn].[SiH4]. The van der Waals surface area contributed by atoms with Crippen molar-refractivity contribution in [2.45, 2.75) is 0 Å². The van der Waals surface area contributed by atoms with Gasteiger partial charge in [-0.25, -0.2) is 0 Å². The first-order chi connectivity index (χ1) is 4.97. The maximum atomic E-state index is 5.34. The van der Waals surface area contributed by atoms with Crippen LogP contribution >= 0.6 is 0 Å². The van der Waals surface area contributed by atoms with Gasteiger partial charge in [0.25, 0.3) is 0 Å². The third-order valence-corrected chi connectivity index (χ3v) is 1.55. The monoisotopic (exact) mass is 219 g/mol. The first kappa shape index (κ1) is 11.5. The normalized spacial score (nSPS) is 11.7. The number of para-hydroxylation sites is 1. The molecule has 65 valence electrons. The Bertz CT molecular complexity index is 273. The van der Waals surface area contributed by atoms with Crippen LogP contribution in [0.25, 0.3) is 6.08 Å². The molecule has 2 rings (SSSR count). The van der Waals surface area contributed by atoms with E-state index in [4.69, 9.17) is 4.74 Å². The van der Waals surface area contributed by atoms with Gasteiger partial charge in [0.2, 0.25) is 0 Å². The number of benzene rings is 1. The first-order valence-corrected chi connectivity index (χ1v) is 3.35. The van der Waals surface area contributed by atoms with E-state index in [1.54, 1.807) is 0 Å². The van der Waals surface area contributed by atoms with Crippen LogP contribution in [0.4, 0.5) is 0 Å². The zero-order valence-electron chi connectivity index (χ0n) is 5.96. The molecule has 3 heteroatoms. The van der Waals surface area contributed by atoms with Crippen molar-refractivity contribution >= 4 is 17.0 Å². The fraction of sp³-hybridized carbons (Fsp3) is 0.111. The maximum Gasteiger partial charge on any atom is 0.126 e. The van der Waals surface area contributed by atoms with Crippen molar-refractivity contribution in [2.75, 3.05) is 6.61 Å². The van der Waals surface area contributed by atoms with Crippen LogP contribution in [-0.2, 0) is 17.1 Å². The van der Waals surface area contributed by atoms with Gasteiger partial charge in [-0.1, -0.05) is 24.3 Å². The summed E-state index contributed by atoms with van der Waals surface area (Å²) in [5, 5.41) is 0. The smallest absolute Gasteiger partial charge is 0.126 e. The fourth-order valence-electron chi connectivity index (χ4n) is 1.06. The molecule has 1 radical (unpaired) electrons. The van der Waals surface area contributed by atoms with Gasteiger partial charge in [-0.05, 0) is 23.1 Å². The molecule has 1 aliphatic heterocycles. The molecule has 0 N–H and O–H groups in total. The molecule has 1 aromatic rings. The second-order valence-corrected chi connectivity index (χ2v) is 2.25.